The maximum absolute atomic E-state index is 13.5. The van der Waals surface area contributed by atoms with Gasteiger partial charge in [-0.2, -0.15) is 0 Å². The molecule has 1 N–H and O–H groups in total. The fraction of sp³-hybridized carbons (Fsp3) is 0.222. The number of nitrogens with one attached hydrogen (secondary N) is 1. The van der Waals surface area contributed by atoms with Crippen molar-refractivity contribution in [2.75, 3.05) is 13.7 Å². The Kier molecular flexibility index (Phi) is 6.31. The molecule has 0 bridgehead atoms. The lowest BCUT2D eigenvalue weighted by Gasteiger charge is -2.18. The van der Waals surface area contributed by atoms with Crippen LogP contribution in [0.3, 0.4) is 0 Å². The predicted octanol–water partition coefficient (Wildman–Crippen LogP) is 2.63. The second-order valence-electron chi connectivity index (χ2n) is 5.03. The van der Waals surface area contributed by atoms with Crippen LogP contribution in [0.2, 0.25) is 0 Å². The Bertz CT molecular complexity index is 690. The van der Waals surface area contributed by atoms with Gasteiger partial charge in [0.15, 0.2) is 18.2 Å². The number of hydrogen-bond acceptors (Lipinski definition) is 4. The van der Waals surface area contributed by atoms with Crippen LogP contribution in [0.1, 0.15) is 18.0 Å². The Hall–Kier alpha value is -2.89. The molecule has 6 heteroatoms. The van der Waals surface area contributed by atoms with Crippen LogP contribution in [0.15, 0.2) is 54.6 Å². The van der Waals surface area contributed by atoms with Gasteiger partial charge in [-0.3, -0.25) is 9.59 Å². The summed E-state index contributed by atoms with van der Waals surface area (Å²) in [7, 11) is 1.29. The van der Waals surface area contributed by atoms with Crippen LogP contribution in [0.5, 0.6) is 5.75 Å². The quantitative estimate of drug-likeness (QED) is 0.792. The molecule has 0 spiro atoms. The molecule has 24 heavy (non-hydrogen) atoms. The molecule has 0 saturated carbocycles. The first-order chi connectivity index (χ1) is 11.6. The number of amides is 1. The molecule has 0 aliphatic carbocycles. The topological polar surface area (TPSA) is 64.6 Å². The van der Waals surface area contributed by atoms with Crippen molar-refractivity contribution in [2.24, 2.45) is 0 Å². The van der Waals surface area contributed by atoms with Crippen molar-refractivity contribution < 1.29 is 23.5 Å². The van der Waals surface area contributed by atoms with Crippen LogP contribution in [0, 0.1) is 5.82 Å². The van der Waals surface area contributed by atoms with Crippen LogP contribution < -0.4 is 10.1 Å². The summed E-state index contributed by atoms with van der Waals surface area (Å²) in [5.74, 6) is -1.45. The summed E-state index contributed by atoms with van der Waals surface area (Å²) in [5.41, 5.74) is 0.766. The summed E-state index contributed by atoms with van der Waals surface area (Å²) in [4.78, 5) is 23.6. The monoisotopic (exact) mass is 331 g/mol. The summed E-state index contributed by atoms with van der Waals surface area (Å²) in [5, 5.41) is 2.70. The highest BCUT2D eigenvalue weighted by Gasteiger charge is 2.19. The molecule has 0 heterocycles. The lowest BCUT2D eigenvalue weighted by atomic mass is 10.0. The van der Waals surface area contributed by atoms with E-state index < -0.39 is 23.7 Å². The van der Waals surface area contributed by atoms with E-state index in [4.69, 9.17) is 4.74 Å². The molecule has 0 aliphatic heterocycles. The van der Waals surface area contributed by atoms with E-state index in [0.717, 1.165) is 5.56 Å². The first kappa shape index (κ1) is 17.5. The standard InChI is InChI=1S/C18H18FNO4/c1-23-18(22)11-15(13-7-3-2-4-8-13)20-17(21)12-24-16-10-6-5-9-14(16)19/h2-10,15H,11-12H2,1H3,(H,20,21). The van der Waals surface area contributed by atoms with Gasteiger partial charge in [-0.1, -0.05) is 42.5 Å². The molecule has 5 nitrogen and oxygen atoms in total. The summed E-state index contributed by atoms with van der Waals surface area (Å²) >= 11 is 0. The average molecular weight is 331 g/mol. The lowest BCUT2D eigenvalue weighted by Crippen LogP contribution is -2.34. The number of carbonyl (C=O) groups excluding carboxylic acids is 2. The highest BCUT2D eigenvalue weighted by atomic mass is 19.1. The zero-order chi connectivity index (χ0) is 17.4. The fourth-order valence-electron chi connectivity index (χ4n) is 2.13. The Morgan fingerprint density at radius 3 is 2.42 bits per heavy atom. The molecule has 0 radical (unpaired) electrons. The van der Waals surface area contributed by atoms with Crippen LogP contribution in [0.25, 0.3) is 0 Å². The van der Waals surface area contributed by atoms with Gasteiger partial charge in [0.25, 0.3) is 5.91 Å². The molecule has 1 unspecified atom stereocenters. The van der Waals surface area contributed by atoms with Crippen molar-refractivity contribution in [1.82, 2.24) is 5.32 Å². The van der Waals surface area contributed by atoms with E-state index in [9.17, 15) is 14.0 Å². The number of halogens is 1. The molecule has 0 fully saturated rings. The molecule has 0 aliphatic rings. The Morgan fingerprint density at radius 2 is 1.75 bits per heavy atom. The van der Waals surface area contributed by atoms with Gasteiger partial charge in [-0.15, -0.1) is 0 Å². The van der Waals surface area contributed by atoms with Crippen LogP contribution in [-0.4, -0.2) is 25.6 Å². The van der Waals surface area contributed by atoms with Gasteiger partial charge in [0.1, 0.15) is 0 Å². The summed E-state index contributed by atoms with van der Waals surface area (Å²) in [6.45, 7) is -0.356. The smallest absolute Gasteiger partial charge is 0.307 e. The van der Waals surface area contributed by atoms with E-state index in [1.165, 1.54) is 25.3 Å². The maximum Gasteiger partial charge on any atom is 0.307 e. The predicted molar refractivity (Wildman–Crippen MR) is 85.9 cm³/mol. The molecule has 1 amide bonds. The van der Waals surface area contributed by atoms with Gasteiger partial charge in [-0.25, -0.2) is 4.39 Å². The van der Waals surface area contributed by atoms with Gasteiger partial charge >= 0.3 is 5.97 Å². The van der Waals surface area contributed by atoms with E-state index in [0.29, 0.717) is 0 Å². The molecule has 1 atom stereocenters. The highest BCUT2D eigenvalue weighted by molar-refractivity contribution is 5.79. The molecule has 126 valence electrons. The minimum absolute atomic E-state index is 0.00289. The number of ether oxygens (including phenoxy) is 2. The van der Waals surface area contributed by atoms with Gasteiger partial charge < -0.3 is 14.8 Å². The largest absolute Gasteiger partial charge is 0.481 e. The number of methoxy groups -OCH3 is 1. The summed E-state index contributed by atoms with van der Waals surface area (Å²) in [6.07, 6.45) is -0.00798. The normalized spacial score (nSPS) is 11.4. The van der Waals surface area contributed by atoms with Gasteiger partial charge in [0, 0.05) is 0 Å². The minimum atomic E-state index is -0.546. The molecule has 2 aromatic carbocycles. The van der Waals surface area contributed by atoms with E-state index in [1.54, 1.807) is 18.2 Å². The van der Waals surface area contributed by atoms with Crippen LogP contribution in [0.4, 0.5) is 4.39 Å². The maximum atomic E-state index is 13.5. The van der Waals surface area contributed by atoms with Crippen molar-refractivity contribution in [2.45, 2.75) is 12.5 Å². The fourth-order valence-corrected chi connectivity index (χ4v) is 2.13. The minimum Gasteiger partial charge on any atom is -0.481 e. The SMILES string of the molecule is COC(=O)CC(NC(=O)COc1ccccc1F)c1ccccc1. The number of para-hydroxylation sites is 1. The zero-order valence-electron chi connectivity index (χ0n) is 13.2. The Labute approximate surface area is 139 Å². The molecular weight excluding hydrogens is 313 g/mol. The first-order valence-corrected chi connectivity index (χ1v) is 7.38. The third kappa shape index (κ3) is 5.08. The zero-order valence-corrected chi connectivity index (χ0v) is 13.2. The molecule has 2 rings (SSSR count). The van der Waals surface area contributed by atoms with Crippen molar-refractivity contribution in [3.05, 3.63) is 66.0 Å². The molecular formula is C18H18FNO4. The van der Waals surface area contributed by atoms with Gasteiger partial charge in [0.2, 0.25) is 0 Å². The van der Waals surface area contributed by atoms with E-state index in [-0.39, 0.29) is 18.8 Å². The van der Waals surface area contributed by atoms with Crippen molar-refractivity contribution >= 4 is 11.9 Å². The number of rotatable bonds is 7. The second kappa shape index (κ2) is 8.67. The van der Waals surface area contributed by atoms with Gasteiger partial charge in [0.05, 0.1) is 19.6 Å². The summed E-state index contributed by atoms with van der Waals surface area (Å²) < 4.78 is 23.3. The number of benzene rings is 2. The number of esters is 1. The van der Waals surface area contributed by atoms with E-state index >= 15 is 0 Å². The van der Waals surface area contributed by atoms with Crippen LogP contribution >= 0.6 is 0 Å². The average Bonchev–Trinajstić information content (AvgIpc) is 2.61. The Balaban J connectivity index is 1.99. The third-order valence-electron chi connectivity index (χ3n) is 3.33. The summed E-state index contributed by atoms with van der Waals surface area (Å²) in [6, 6.07) is 14.3. The Morgan fingerprint density at radius 1 is 1.08 bits per heavy atom. The first-order valence-electron chi connectivity index (χ1n) is 7.38. The van der Waals surface area contributed by atoms with E-state index in [1.807, 2.05) is 18.2 Å². The van der Waals surface area contributed by atoms with Gasteiger partial charge in [-0.05, 0) is 17.7 Å². The molecule has 2 aromatic rings. The molecule has 0 saturated heterocycles. The van der Waals surface area contributed by atoms with Crippen molar-refractivity contribution in [1.29, 1.82) is 0 Å². The number of carbonyl (C=O) groups is 2. The van der Waals surface area contributed by atoms with Crippen molar-refractivity contribution in [3.63, 3.8) is 0 Å². The van der Waals surface area contributed by atoms with Crippen LogP contribution in [-0.2, 0) is 14.3 Å². The van der Waals surface area contributed by atoms with Crippen molar-refractivity contribution in [3.8, 4) is 5.75 Å². The number of hydrogen-bond donors (Lipinski definition) is 1. The molecule has 0 aromatic heterocycles. The highest BCUT2D eigenvalue weighted by Crippen LogP contribution is 2.18. The lowest BCUT2D eigenvalue weighted by molar-refractivity contribution is -0.141. The third-order valence-corrected chi connectivity index (χ3v) is 3.33. The second-order valence-corrected chi connectivity index (χ2v) is 5.03. The van der Waals surface area contributed by atoms with E-state index in [2.05, 4.69) is 10.1 Å².